The lowest BCUT2D eigenvalue weighted by Crippen LogP contribution is -2.31. The molecular weight excluding hydrogens is 226 g/mol. The van der Waals surface area contributed by atoms with E-state index in [0.29, 0.717) is 13.0 Å². The fourth-order valence-electron chi connectivity index (χ4n) is 2.13. The zero-order chi connectivity index (χ0) is 12.8. The van der Waals surface area contributed by atoms with Gasteiger partial charge in [0.25, 0.3) is 0 Å². The lowest BCUT2D eigenvalue weighted by atomic mass is 10.1. The number of carbonyl (C=O) groups is 1. The first-order chi connectivity index (χ1) is 8.74. The van der Waals surface area contributed by atoms with E-state index in [-0.39, 0.29) is 12.0 Å². The van der Waals surface area contributed by atoms with Crippen molar-refractivity contribution in [2.45, 2.75) is 38.7 Å². The first kappa shape index (κ1) is 13.1. The molecule has 0 radical (unpaired) electrons. The fraction of sp³-hybridized carbons (Fsp3) is 0.533. The van der Waals surface area contributed by atoms with Gasteiger partial charge in [-0.3, -0.25) is 4.79 Å². The van der Waals surface area contributed by atoms with E-state index < -0.39 is 0 Å². The van der Waals surface area contributed by atoms with Crippen LogP contribution in [0.15, 0.2) is 24.3 Å². The van der Waals surface area contributed by atoms with E-state index in [1.165, 1.54) is 11.1 Å². The van der Waals surface area contributed by atoms with Gasteiger partial charge in [0.2, 0.25) is 5.91 Å². The summed E-state index contributed by atoms with van der Waals surface area (Å²) < 4.78 is 5.46. The van der Waals surface area contributed by atoms with Gasteiger partial charge in [-0.2, -0.15) is 0 Å². The van der Waals surface area contributed by atoms with Gasteiger partial charge in [-0.25, -0.2) is 0 Å². The number of hydrogen-bond acceptors (Lipinski definition) is 2. The molecule has 1 fully saturated rings. The second kappa shape index (κ2) is 6.55. The minimum atomic E-state index is 0.117. The smallest absolute Gasteiger partial charge is 0.220 e. The number of amides is 1. The van der Waals surface area contributed by atoms with Gasteiger partial charge in [-0.05, 0) is 31.7 Å². The molecule has 98 valence electrons. The molecule has 1 aliphatic rings. The number of carbonyl (C=O) groups excluding carboxylic acids is 1. The second-order valence-electron chi connectivity index (χ2n) is 4.92. The summed E-state index contributed by atoms with van der Waals surface area (Å²) in [6, 6.07) is 8.34. The summed E-state index contributed by atoms with van der Waals surface area (Å²) in [5, 5.41) is 2.94. The Kier molecular flexibility index (Phi) is 4.76. The minimum absolute atomic E-state index is 0.117. The molecular formula is C15H21NO2. The molecule has 1 aromatic carbocycles. The van der Waals surface area contributed by atoms with Crippen LogP contribution < -0.4 is 5.32 Å². The van der Waals surface area contributed by atoms with E-state index in [1.807, 2.05) is 0 Å². The Morgan fingerprint density at radius 3 is 2.83 bits per heavy atom. The van der Waals surface area contributed by atoms with Crippen LogP contribution in [-0.4, -0.2) is 25.2 Å². The molecule has 0 spiro atoms. The van der Waals surface area contributed by atoms with Crippen molar-refractivity contribution < 1.29 is 9.53 Å². The highest BCUT2D eigenvalue weighted by Gasteiger charge is 2.15. The molecule has 1 atom stereocenters. The van der Waals surface area contributed by atoms with Crippen LogP contribution >= 0.6 is 0 Å². The van der Waals surface area contributed by atoms with Crippen LogP contribution in [0.25, 0.3) is 0 Å². The molecule has 18 heavy (non-hydrogen) atoms. The third-order valence-corrected chi connectivity index (χ3v) is 3.31. The van der Waals surface area contributed by atoms with Crippen LogP contribution in [0.4, 0.5) is 0 Å². The van der Waals surface area contributed by atoms with Crippen molar-refractivity contribution in [3.05, 3.63) is 35.4 Å². The molecule has 0 bridgehead atoms. The lowest BCUT2D eigenvalue weighted by molar-refractivity contribution is -0.121. The number of rotatable bonds is 5. The van der Waals surface area contributed by atoms with Crippen LogP contribution in [-0.2, 0) is 16.0 Å². The summed E-state index contributed by atoms with van der Waals surface area (Å²) in [5.41, 5.74) is 2.47. The lowest BCUT2D eigenvalue weighted by Gasteiger charge is -2.10. The van der Waals surface area contributed by atoms with Crippen molar-refractivity contribution >= 4 is 5.91 Å². The summed E-state index contributed by atoms with van der Waals surface area (Å²) in [6.45, 7) is 3.56. The first-order valence-corrected chi connectivity index (χ1v) is 6.68. The summed E-state index contributed by atoms with van der Waals surface area (Å²) in [6.07, 6.45) is 3.77. The van der Waals surface area contributed by atoms with Gasteiger partial charge < -0.3 is 10.1 Å². The number of hydrogen-bond donors (Lipinski definition) is 1. The van der Waals surface area contributed by atoms with E-state index in [1.54, 1.807) is 0 Å². The third kappa shape index (κ3) is 4.15. The number of ether oxygens (including phenoxy) is 1. The van der Waals surface area contributed by atoms with Gasteiger partial charge in [-0.15, -0.1) is 0 Å². The molecule has 2 rings (SSSR count). The number of aryl methyl sites for hydroxylation is 2. The van der Waals surface area contributed by atoms with Gasteiger partial charge in [0.05, 0.1) is 6.10 Å². The average molecular weight is 247 g/mol. The van der Waals surface area contributed by atoms with Gasteiger partial charge in [0, 0.05) is 19.6 Å². The second-order valence-corrected chi connectivity index (χ2v) is 4.92. The predicted octanol–water partition coefficient (Wildman–Crippen LogP) is 2.22. The predicted molar refractivity (Wildman–Crippen MR) is 71.5 cm³/mol. The first-order valence-electron chi connectivity index (χ1n) is 6.68. The molecule has 1 saturated heterocycles. The van der Waals surface area contributed by atoms with Crippen molar-refractivity contribution in [2.24, 2.45) is 0 Å². The number of nitrogens with one attached hydrogen (secondary N) is 1. The maximum absolute atomic E-state index is 11.7. The molecule has 1 amide bonds. The monoisotopic (exact) mass is 247 g/mol. The van der Waals surface area contributed by atoms with Crippen LogP contribution in [0.5, 0.6) is 0 Å². The molecule has 0 aromatic heterocycles. The van der Waals surface area contributed by atoms with Crippen molar-refractivity contribution in [1.82, 2.24) is 5.32 Å². The summed E-state index contributed by atoms with van der Waals surface area (Å²) >= 11 is 0. The molecule has 1 N–H and O–H groups in total. The van der Waals surface area contributed by atoms with Gasteiger partial charge >= 0.3 is 0 Å². The Bertz CT molecular complexity index is 380. The van der Waals surface area contributed by atoms with Crippen LogP contribution in [0.1, 0.15) is 30.4 Å². The van der Waals surface area contributed by atoms with E-state index in [0.717, 1.165) is 25.9 Å². The van der Waals surface area contributed by atoms with Gasteiger partial charge in [0.15, 0.2) is 0 Å². The van der Waals surface area contributed by atoms with E-state index in [2.05, 4.69) is 36.5 Å². The molecule has 0 aliphatic carbocycles. The van der Waals surface area contributed by atoms with Crippen molar-refractivity contribution in [2.75, 3.05) is 13.2 Å². The van der Waals surface area contributed by atoms with Crippen LogP contribution in [0.3, 0.4) is 0 Å². The maximum Gasteiger partial charge on any atom is 0.220 e. The zero-order valence-electron chi connectivity index (χ0n) is 10.9. The third-order valence-electron chi connectivity index (χ3n) is 3.31. The molecule has 3 nitrogen and oxygen atoms in total. The summed E-state index contributed by atoms with van der Waals surface area (Å²) in [7, 11) is 0. The van der Waals surface area contributed by atoms with Crippen molar-refractivity contribution in [3.63, 3.8) is 0 Å². The summed E-state index contributed by atoms with van der Waals surface area (Å²) in [4.78, 5) is 11.7. The Balaban J connectivity index is 1.66. The fourth-order valence-corrected chi connectivity index (χ4v) is 2.13. The Labute approximate surface area is 109 Å². The Hall–Kier alpha value is -1.35. The molecule has 1 aromatic rings. The molecule has 0 saturated carbocycles. The highest BCUT2D eigenvalue weighted by molar-refractivity contribution is 5.76. The maximum atomic E-state index is 11.7. The van der Waals surface area contributed by atoms with Gasteiger partial charge in [0.1, 0.15) is 0 Å². The van der Waals surface area contributed by atoms with E-state index in [9.17, 15) is 4.79 Å². The Morgan fingerprint density at radius 1 is 1.39 bits per heavy atom. The highest BCUT2D eigenvalue weighted by Crippen LogP contribution is 2.10. The highest BCUT2D eigenvalue weighted by atomic mass is 16.5. The average Bonchev–Trinajstić information content (AvgIpc) is 2.89. The van der Waals surface area contributed by atoms with Gasteiger partial charge in [-0.1, -0.05) is 29.8 Å². The molecule has 0 unspecified atom stereocenters. The normalized spacial score (nSPS) is 18.8. The van der Waals surface area contributed by atoms with Crippen molar-refractivity contribution in [1.29, 1.82) is 0 Å². The Morgan fingerprint density at radius 2 is 2.17 bits per heavy atom. The molecule has 1 aliphatic heterocycles. The largest absolute Gasteiger partial charge is 0.376 e. The minimum Gasteiger partial charge on any atom is -0.376 e. The SMILES string of the molecule is Cc1ccc(CCC(=O)NC[C@H]2CCCO2)cc1. The summed E-state index contributed by atoms with van der Waals surface area (Å²) in [5.74, 6) is 0.117. The molecule has 3 heteroatoms. The van der Waals surface area contributed by atoms with Crippen molar-refractivity contribution in [3.8, 4) is 0 Å². The molecule has 1 heterocycles. The quantitative estimate of drug-likeness (QED) is 0.866. The number of benzene rings is 1. The zero-order valence-corrected chi connectivity index (χ0v) is 10.9. The van der Waals surface area contributed by atoms with Crippen LogP contribution in [0, 0.1) is 6.92 Å². The van der Waals surface area contributed by atoms with E-state index >= 15 is 0 Å². The van der Waals surface area contributed by atoms with Crippen LogP contribution in [0.2, 0.25) is 0 Å². The standard InChI is InChI=1S/C15H21NO2/c1-12-4-6-13(7-5-12)8-9-15(17)16-11-14-3-2-10-18-14/h4-7,14H,2-3,8-11H2,1H3,(H,16,17)/t14-/m1/s1. The topological polar surface area (TPSA) is 38.3 Å². The van der Waals surface area contributed by atoms with E-state index in [4.69, 9.17) is 4.74 Å².